The molecule has 0 atom stereocenters. The average Bonchev–Trinajstić information content (AvgIpc) is 3.44. The first kappa shape index (κ1) is 22.9. The molecule has 0 saturated carbocycles. The molecule has 0 aliphatic heterocycles. The van der Waals surface area contributed by atoms with Gasteiger partial charge < -0.3 is 23.9 Å². The van der Waals surface area contributed by atoms with Crippen LogP contribution in [0.15, 0.2) is 71.4 Å². The number of hydrogen-bond acceptors (Lipinski definition) is 6. The molecule has 2 aromatic heterocycles. The second kappa shape index (κ2) is 9.69. The fraction of sp³-hybridized carbons (Fsp3) is 0.174. The molecule has 4 rings (SSSR count). The number of alkyl halides is 3. The number of nitrogens with zero attached hydrogens (tertiary/aromatic N) is 3. The minimum Gasteiger partial charge on any atom is -0.494 e. The summed E-state index contributed by atoms with van der Waals surface area (Å²) in [6, 6.07) is 15.6. The van der Waals surface area contributed by atoms with E-state index in [1.54, 1.807) is 47.2 Å². The third kappa shape index (κ3) is 5.74. The smallest absolute Gasteiger partial charge is 0.494 e. The Hall–Kier alpha value is -4.28. The van der Waals surface area contributed by atoms with E-state index < -0.39 is 6.36 Å². The number of amides is 1. The Balaban J connectivity index is 1.43. The number of aromatic nitrogens is 3. The van der Waals surface area contributed by atoms with E-state index in [4.69, 9.17) is 9.26 Å². The number of benzene rings is 2. The first-order valence-corrected chi connectivity index (χ1v) is 10.2. The molecule has 1 N–H and O–H groups in total. The van der Waals surface area contributed by atoms with E-state index in [0.29, 0.717) is 29.3 Å². The van der Waals surface area contributed by atoms with E-state index in [-0.39, 0.29) is 29.9 Å². The van der Waals surface area contributed by atoms with E-state index in [9.17, 15) is 18.0 Å². The van der Waals surface area contributed by atoms with Crippen molar-refractivity contribution in [2.45, 2.75) is 19.8 Å². The second-order valence-corrected chi connectivity index (χ2v) is 7.02. The van der Waals surface area contributed by atoms with Gasteiger partial charge in [0.15, 0.2) is 0 Å². The average molecular weight is 472 g/mol. The largest absolute Gasteiger partial charge is 0.573 e. The summed E-state index contributed by atoms with van der Waals surface area (Å²) in [5.41, 5.74) is 1.58. The second-order valence-electron chi connectivity index (χ2n) is 7.02. The van der Waals surface area contributed by atoms with Crippen LogP contribution in [-0.2, 0) is 11.3 Å². The van der Waals surface area contributed by atoms with Gasteiger partial charge in [0.25, 0.3) is 5.89 Å². The van der Waals surface area contributed by atoms with E-state index in [2.05, 4.69) is 20.2 Å². The molecule has 2 aromatic carbocycles. The molecule has 0 saturated heterocycles. The van der Waals surface area contributed by atoms with Gasteiger partial charge in [-0.1, -0.05) is 5.16 Å². The molecule has 176 valence electrons. The molecule has 0 radical (unpaired) electrons. The van der Waals surface area contributed by atoms with Crippen LogP contribution in [0.3, 0.4) is 0 Å². The van der Waals surface area contributed by atoms with Crippen molar-refractivity contribution in [3.63, 3.8) is 0 Å². The Morgan fingerprint density at radius 3 is 2.44 bits per heavy atom. The van der Waals surface area contributed by atoms with Crippen LogP contribution in [0.2, 0.25) is 0 Å². The molecule has 0 unspecified atom stereocenters. The van der Waals surface area contributed by atoms with Crippen molar-refractivity contribution < 1.29 is 32.0 Å². The Kier molecular flexibility index (Phi) is 6.53. The van der Waals surface area contributed by atoms with E-state index in [1.807, 2.05) is 6.92 Å². The number of anilines is 1. The molecule has 0 fully saturated rings. The maximum absolute atomic E-state index is 12.5. The Morgan fingerprint density at radius 1 is 1.06 bits per heavy atom. The van der Waals surface area contributed by atoms with Crippen molar-refractivity contribution in [1.29, 1.82) is 0 Å². The summed E-state index contributed by atoms with van der Waals surface area (Å²) in [5, 5.41) is 6.69. The highest BCUT2D eigenvalue weighted by molar-refractivity contribution is 5.90. The molecule has 0 bridgehead atoms. The summed E-state index contributed by atoms with van der Waals surface area (Å²) in [5.74, 6) is 0.432. The van der Waals surface area contributed by atoms with Crippen LogP contribution >= 0.6 is 0 Å². The molecule has 4 aromatic rings. The Labute approximate surface area is 191 Å². The summed E-state index contributed by atoms with van der Waals surface area (Å²) in [7, 11) is 0. The summed E-state index contributed by atoms with van der Waals surface area (Å²) in [6.07, 6.45) is -3.08. The lowest BCUT2D eigenvalue weighted by Crippen LogP contribution is -2.18. The molecule has 1 amide bonds. The first-order chi connectivity index (χ1) is 16.3. The molecular weight excluding hydrogens is 453 g/mol. The molecular formula is C23H19F3N4O4. The van der Waals surface area contributed by atoms with Gasteiger partial charge in [-0.25, -0.2) is 0 Å². The van der Waals surface area contributed by atoms with Gasteiger partial charge in [0.1, 0.15) is 23.7 Å². The molecule has 0 aliphatic rings. The van der Waals surface area contributed by atoms with Crippen molar-refractivity contribution in [1.82, 2.24) is 14.7 Å². The summed E-state index contributed by atoms with van der Waals surface area (Å²) < 4.78 is 53.2. The van der Waals surface area contributed by atoms with Crippen molar-refractivity contribution in [2.75, 3.05) is 11.9 Å². The first-order valence-electron chi connectivity index (χ1n) is 10.2. The number of nitrogens with one attached hydrogen (secondary N) is 1. The minimum absolute atomic E-state index is 0.00324. The minimum atomic E-state index is -4.77. The third-order valence-electron chi connectivity index (χ3n) is 4.58. The van der Waals surface area contributed by atoms with Gasteiger partial charge in [-0.3, -0.25) is 4.79 Å². The molecule has 34 heavy (non-hydrogen) atoms. The predicted octanol–water partition coefficient (Wildman–Crippen LogP) is 5.14. The fourth-order valence-corrected chi connectivity index (χ4v) is 3.15. The zero-order valence-corrected chi connectivity index (χ0v) is 17.9. The van der Waals surface area contributed by atoms with E-state index in [0.717, 1.165) is 12.1 Å². The van der Waals surface area contributed by atoms with E-state index >= 15 is 0 Å². The third-order valence-corrected chi connectivity index (χ3v) is 4.58. The summed E-state index contributed by atoms with van der Waals surface area (Å²) >= 11 is 0. The van der Waals surface area contributed by atoms with Crippen molar-refractivity contribution >= 4 is 11.6 Å². The van der Waals surface area contributed by atoms with Crippen LogP contribution in [0.4, 0.5) is 18.9 Å². The van der Waals surface area contributed by atoms with Gasteiger partial charge in [-0.2, -0.15) is 4.98 Å². The monoisotopic (exact) mass is 472 g/mol. The van der Waals surface area contributed by atoms with Crippen LogP contribution in [0.1, 0.15) is 6.92 Å². The Bertz CT molecular complexity index is 1250. The lowest BCUT2D eigenvalue weighted by molar-refractivity contribution is -0.274. The van der Waals surface area contributed by atoms with Gasteiger partial charge >= 0.3 is 6.36 Å². The molecule has 8 nitrogen and oxygen atoms in total. The highest BCUT2D eigenvalue weighted by Gasteiger charge is 2.31. The predicted molar refractivity (Wildman–Crippen MR) is 116 cm³/mol. The number of rotatable bonds is 8. The number of ether oxygens (including phenoxy) is 2. The molecule has 2 heterocycles. The van der Waals surface area contributed by atoms with Gasteiger partial charge in [0.05, 0.1) is 6.61 Å². The lowest BCUT2D eigenvalue weighted by Gasteiger charge is -2.09. The highest BCUT2D eigenvalue weighted by Crippen LogP contribution is 2.27. The normalized spacial score (nSPS) is 11.3. The number of halogens is 3. The number of carbonyl (C=O) groups is 1. The topological polar surface area (TPSA) is 91.4 Å². The fourth-order valence-electron chi connectivity index (χ4n) is 3.15. The lowest BCUT2D eigenvalue weighted by atomic mass is 10.2. The van der Waals surface area contributed by atoms with Crippen LogP contribution in [0.25, 0.3) is 23.0 Å². The van der Waals surface area contributed by atoms with Gasteiger partial charge in [0.2, 0.25) is 11.7 Å². The molecule has 0 spiro atoms. The van der Waals surface area contributed by atoms with Crippen molar-refractivity contribution in [2.24, 2.45) is 0 Å². The SMILES string of the molecule is CCOc1ccc(NC(=O)Cn2cccc2-c2nc(-c3ccc(OC(F)(F)F)cc3)no2)cc1. The maximum Gasteiger partial charge on any atom is 0.573 e. The standard InChI is InChI=1S/C23H19F3N4O4/c1-2-32-17-11-7-16(8-12-17)27-20(31)14-30-13-3-4-19(30)22-28-21(29-34-22)15-5-9-18(10-6-15)33-23(24,25)26/h3-13H,2,14H2,1H3,(H,27,31). The summed E-state index contributed by atoms with van der Waals surface area (Å²) in [4.78, 5) is 16.8. The van der Waals surface area contributed by atoms with E-state index in [1.165, 1.54) is 12.1 Å². The van der Waals surface area contributed by atoms with Gasteiger partial charge in [0, 0.05) is 17.4 Å². The van der Waals surface area contributed by atoms with Gasteiger partial charge in [-0.15, -0.1) is 13.2 Å². The zero-order chi connectivity index (χ0) is 24.1. The highest BCUT2D eigenvalue weighted by atomic mass is 19.4. The zero-order valence-electron chi connectivity index (χ0n) is 17.9. The van der Waals surface area contributed by atoms with Crippen LogP contribution < -0.4 is 14.8 Å². The van der Waals surface area contributed by atoms with Crippen LogP contribution in [0.5, 0.6) is 11.5 Å². The maximum atomic E-state index is 12.5. The molecule has 11 heteroatoms. The number of carbonyl (C=O) groups excluding carboxylic acids is 1. The van der Waals surface area contributed by atoms with Crippen LogP contribution in [-0.4, -0.2) is 33.6 Å². The Morgan fingerprint density at radius 2 is 1.76 bits per heavy atom. The van der Waals surface area contributed by atoms with Crippen molar-refractivity contribution in [3.05, 3.63) is 66.9 Å². The van der Waals surface area contributed by atoms with Crippen LogP contribution in [0, 0.1) is 0 Å². The van der Waals surface area contributed by atoms with Gasteiger partial charge in [-0.05, 0) is 67.6 Å². The number of hydrogen-bond donors (Lipinski definition) is 1. The summed E-state index contributed by atoms with van der Waals surface area (Å²) in [6.45, 7) is 2.44. The molecule has 0 aliphatic carbocycles. The quantitative estimate of drug-likeness (QED) is 0.382. The van der Waals surface area contributed by atoms with Crippen molar-refractivity contribution in [3.8, 4) is 34.5 Å².